The average Bonchev–Trinajstić information content (AvgIpc) is 2.93. The highest BCUT2D eigenvalue weighted by Gasteiger charge is 2.32. The van der Waals surface area contributed by atoms with Crippen molar-refractivity contribution >= 4 is 40.3 Å². The van der Waals surface area contributed by atoms with E-state index in [2.05, 4.69) is 11.6 Å². The number of thioether (sulfide) groups is 1. The van der Waals surface area contributed by atoms with Crippen molar-refractivity contribution in [2.24, 2.45) is 4.99 Å². The summed E-state index contributed by atoms with van der Waals surface area (Å²) in [6.45, 7) is 5.78. The maximum absolute atomic E-state index is 12.8. The van der Waals surface area contributed by atoms with Crippen LogP contribution in [0.25, 0.3) is 6.08 Å². The number of phenolic OH excluding ortho intramolecular Hbond substituents is 1. The Bertz CT molecular complexity index is 1030. The lowest BCUT2D eigenvalue weighted by molar-refractivity contribution is -0.384. The van der Waals surface area contributed by atoms with Gasteiger partial charge >= 0.3 is 0 Å². The van der Waals surface area contributed by atoms with Crippen molar-refractivity contribution in [3.8, 4) is 5.75 Å². The van der Waals surface area contributed by atoms with Gasteiger partial charge in [0.15, 0.2) is 5.17 Å². The molecule has 1 heterocycles. The summed E-state index contributed by atoms with van der Waals surface area (Å²) in [5.41, 5.74) is 1.74. The monoisotopic (exact) mass is 395 g/mol. The topological polar surface area (TPSA) is 96.0 Å². The van der Waals surface area contributed by atoms with Gasteiger partial charge in [0.05, 0.1) is 9.83 Å². The van der Waals surface area contributed by atoms with Crippen LogP contribution in [-0.2, 0) is 4.79 Å². The summed E-state index contributed by atoms with van der Waals surface area (Å²) in [5.74, 6) is -0.253. The summed E-state index contributed by atoms with van der Waals surface area (Å²) in [7, 11) is 0. The number of aromatic hydroxyl groups is 1. The van der Waals surface area contributed by atoms with E-state index >= 15 is 0 Å². The Kier molecular flexibility index (Phi) is 5.60. The van der Waals surface area contributed by atoms with Crippen LogP contribution in [0.1, 0.15) is 11.1 Å². The molecule has 28 heavy (non-hydrogen) atoms. The van der Waals surface area contributed by atoms with Crippen molar-refractivity contribution in [1.82, 2.24) is 4.90 Å². The van der Waals surface area contributed by atoms with Crippen molar-refractivity contribution in [3.63, 3.8) is 0 Å². The minimum Gasteiger partial charge on any atom is -0.506 e. The van der Waals surface area contributed by atoms with Crippen molar-refractivity contribution in [1.29, 1.82) is 0 Å². The predicted molar refractivity (Wildman–Crippen MR) is 111 cm³/mol. The van der Waals surface area contributed by atoms with Gasteiger partial charge in [-0.05, 0) is 48.0 Å². The fourth-order valence-corrected chi connectivity index (χ4v) is 3.59. The van der Waals surface area contributed by atoms with Gasteiger partial charge in [0.25, 0.3) is 11.6 Å². The molecule has 1 fully saturated rings. The number of carbonyl (C=O) groups is 1. The highest BCUT2D eigenvalue weighted by molar-refractivity contribution is 8.18. The molecule has 3 rings (SSSR count). The van der Waals surface area contributed by atoms with E-state index in [1.165, 1.54) is 17.0 Å². The lowest BCUT2D eigenvalue weighted by atomic mass is 10.2. The first-order valence-corrected chi connectivity index (χ1v) is 9.16. The Morgan fingerprint density at radius 3 is 2.79 bits per heavy atom. The van der Waals surface area contributed by atoms with E-state index < -0.39 is 4.92 Å². The molecule has 0 radical (unpaired) electrons. The average molecular weight is 395 g/mol. The standard InChI is InChI=1S/C20H17N3O4S/c1-3-9-22-19(25)18(12-14-5-4-6-15(11-14)23(26)27)28-20(22)21-16-8-7-13(2)10-17(16)24/h3-8,10-12,24H,1,9H2,2H3/b18-12-,21-20?. The minimum atomic E-state index is -0.483. The number of nitro groups is 1. The number of aryl methyl sites for hydroxylation is 1. The fourth-order valence-electron chi connectivity index (χ4n) is 2.59. The molecule has 0 aliphatic carbocycles. The molecule has 0 unspecified atom stereocenters. The van der Waals surface area contributed by atoms with Crippen LogP contribution in [0.2, 0.25) is 0 Å². The van der Waals surface area contributed by atoms with Crippen molar-refractivity contribution < 1.29 is 14.8 Å². The molecule has 0 aromatic heterocycles. The van der Waals surface area contributed by atoms with Gasteiger partial charge in [-0.3, -0.25) is 19.8 Å². The third-order valence-corrected chi connectivity index (χ3v) is 4.93. The van der Waals surface area contributed by atoms with E-state index in [1.807, 2.05) is 13.0 Å². The summed E-state index contributed by atoms with van der Waals surface area (Å²) >= 11 is 1.14. The molecular formula is C20H17N3O4S. The number of rotatable bonds is 5. The number of aliphatic imine (C=N–C) groups is 1. The second kappa shape index (κ2) is 8.10. The summed E-state index contributed by atoms with van der Waals surface area (Å²) in [5, 5.41) is 21.5. The van der Waals surface area contributed by atoms with Crippen molar-refractivity contribution in [2.75, 3.05) is 6.54 Å². The van der Waals surface area contributed by atoms with Gasteiger partial charge in [0.1, 0.15) is 11.4 Å². The third kappa shape index (κ3) is 4.12. The molecule has 1 aliphatic heterocycles. The van der Waals surface area contributed by atoms with E-state index in [9.17, 15) is 20.0 Å². The number of hydrogen-bond acceptors (Lipinski definition) is 6. The number of nitrogens with zero attached hydrogens (tertiary/aromatic N) is 3. The Morgan fingerprint density at radius 1 is 1.32 bits per heavy atom. The zero-order valence-corrected chi connectivity index (χ0v) is 15.8. The molecule has 142 valence electrons. The van der Waals surface area contributed by atoms with E-state index in [0.29, 0.717) is 21.3 Å². The summed E-state index contributed by atoms with van der Waals surface area (Å²) in [6.07, 6.45) is 3.17. The van der Waals surface area contributed by atoms with Crippen LogP contribution in [0, 0.1) is 17.0 Å². The van der Waals surface area contributed by atoms with Crippen LogP contribution in [0.4, 0.5) is 11.4 Å². The smallest absolute Gasteiger partial charge is 0.270 e. The Hall–Kier alpha value is -3.39. The molecular weight excluding hydrogens is 378 g/mol. The predicted octanol–water partition coefficient (Wildman–Crippen LogP) is 4.40. The van der Waals surface area contributed by atoms with Crippen LogP contribution in [0.3, 0.4) is 0 Å². The summed E-state index contributed by atoms with van der Waals surface area (Å²) in [6, 6.07) is 11.1. The van der Waals surface area contributed by atoms with Crippen LogP contribution >= 0.6 is 11.8 Å². The molecule has 1 amide bonds. The SMILES string of the molecule is C=CCN1C(=O)/C(=C/c2cccc([N+](=O)[O-])c2)SC1=Nc1ccc(C)cc1O. The van der Waals surface area contributed by atoms with E-state index in [0.717, 1.165) is 17.3 Å². The molecule has 0 atom stereocenters. The van der Waals surface area contributed by atoms with Gasteiger partial charge in [-0.2, -0.15) is 0 Å². The number of amidine groups is 1. The van der Waals surface area contributed by atoms with Crippen LogP contribution in [-0.4, -0.2) is 32.5 Å². The van der Waals surface area contributed by atoms with E-state index in [-0.39, 0.29) is 23.9 Å². The summed E-state index contributed by atoms with van der Waals surface area (Å²) in [4.78, 5) is 29.5. The van der Waals surface area contributed by atoms with E-state index in [1.54, 1.807) is 36.4 Å². The number of benzene rings is 2. The van der Waals surface area contributed by atoms with Crippen LogP contribution in [0.5, 0.6) is 5.75 Å². The third-order valence-electron chi connectivity index (χ3n) is 3.93. The number of carbonyl (C=O) groups excluding carboxylic acids is 1. The van der Waals surface area contributed by atoms with Crippen molar-refractivity contribution in [2.45, 2.75) is 6.92 Å². The lowest BCUT2D eigenvalue weighted by Crippen LogP contribution is -2.29. The number of amides is 1. The van der Waals surface area contributed by atoms with Gasteiger partial charge in [-0.15, -0.1) is 6.58 Å². The molecule has 8 heteroatoms. The lowest BCUT2D eigenvalue weighted by Gasteiger charge is -2.12. The molecule has 1 saturated heterocycles. The molecule has 1 aliphatic rings. The maximum atomic E-state index is 12.8. The highest BCUT2D eigenvalue weighted by Crippen LogP contribution is 2.36. The van der Waals surface area contributed by atoms with Crippen LogP contribution in [0.15, 0.2) is 65.0 Å². The largest absolute Gasteiger partial charge is 0.506 e. The summed E-state index contributed by atoms with van der Waals surface area (Å²) < 4.78 is 0. The van der Waals surface area contributed by atoms with Crippen molar-refractivity contribution in [3.05, 3.63) is 81.3 Å². The van der Waals surface area contributed by atoms with Gasteiger partial charge < -0.3 is 5.11 Å². The number of hydrogen-bond donors (Lipinski definition) is 1. The first-order valence-electron chi connectivity index (χ1n) is 8.34. The highest BCUT2D eigenvalue weighted by atomic mass is 32.2. The number of nitro benzene ring substituents is 1. The second-order valence-electron chi connectivity index (χ2n) is 6.05. The molecule has 1 N–H and O–H groups in total. The minimum absolute atomic E-state index is 0.0233. The van der Waals surface area contributed by atoms with Gasteiger partial charge in [0, 0.05) is 18.7 Å². The Morgan fingerprint density at radius 2 is 2.11 bits per heavy atom. The number of phenols is 1. The first kappa shape index (κ1) is 19.4. The molecule has 2 aromatic carbocycles. The van der Waals surface area contributed by atoms with E-state index in [4.69, 9.17) is 0 Å². The molecule has 7 nitrogen and oxygen atoms in total. The zero-order chi connectivity index (χ0) is 20.3. The van der Waals surface area contributed by atoms with Gasteiger partial charge in [0.2, 0.25) is 0 Å². The Labute approximate surface area is 165 Å². The van der Waals surface area contributed by atoms with Gasteiger partial charge in [-0.1, -0.05) is 24.3 Å². The fraction of sp³-hybridized carbons (Fsp3) is 0.100. The molecule has 0 saturated carbocycles. The Balaban J connectivity index is 1.98. The normalized spacial score (nSPS) is 16.8. The molecule has 2 aromatic rings. The molecule has 0 spiro atoms. The maximum Gasteiger partial charge on any atom is 0.270 e. The quantitative estimate of drug-likeness (QED) is 0.350. The first-order chi connectivity index (χ1) is 13.4. The number of non-ortho nitro benzene ring substituents is 1. The zero-order valence-electron chi connectivity index (χ0n) is 15.0. The molecule has 0 bridgehead atoms. The van der Waals surface area contributed by atoms with Crippen LogP contribution < -0.4 is 0 Å². The van der Waals surface area contributed by atoms with Gasteiger partial charge in [-0.25, -0.2) is 4.99 Å². The second-order valence-corrected chi connectivity index (χ2v) is 7.06.